The van der Waals surface area contributed by atoms with E-state index in [9.17, 15) is 14.4 Å². The average Bonchev–Trinajstić information content (AvgIpc) is 2.47. The van der Waals surface area contributed by atoms with E-state index in [1.54, 1.807) is 18.2 Å². The highest BCUT2D eigenvalue weighted by Gasteiger charge is 2.13. The Labute approximate surface area is 123 Å². The highest BCUT2D eigenvalue weighted by molar-refractivity contribution is 7.80. The van der Waals surface area contributed by atoms with Crippen molar-refractivity contribution in [2.75, 3.05) is 0 Å². The van der Waals surface area contributed by atoms with Crippen LogP contribution >= 0.6 is 12.6 Å². The topological polar surface area (TPSA) is 51.2 Å². The summed E-state index contributed by atoms with van der Waals surface area (Å²) in [5, 5.41) is 0. The van der Waals surface area contributed by atoms with Crippen LogP contribution in [0.3, 0.4) is 0 Å². The van der Waals surface area contributed by atoms with Crippen LogP contribution in [0.2, 0.25) is 0 Å². The minimum atomic E-state index is 0.221. The number of hydrogen-bond acceptors (Lipinski definition) is 4. The van der Waals surface area contributed by atoms with Crippen molar-refractivity contribution in [1.82, 2.24) is 0 Å². The van der Waals surface area contributed by atoms with Crippen LogP contribution in [-0.4, -0.2) is 18.9 Å². The molecule has 20 heavy (non-hydrogen) atoms. The van der Waals surface area contributed by atoms with Crippen molar-refractivity contribution in [1.29, 1.82) is 0 Å². The minimum absolute atomic E-state index is 0.221. The second-order valence-electron chi connectivity index (χ2n) is 3.85. The fourth-order valence-electron chi connectivity index (χ4n) is 1.64. The van der Waals surface area contributed by atoms with Gasteiger partial charge in [-0.3, -0.25) is 14.4 Å². The third kappa shape index (κ3) is 3.65. The quantitative estimate of drug-likeness (QED) is 0.494. The molecule has 0 saturated carbocycles. The first kappa shape index (κ1) is 15.9. The Morgan fingerprint density at radius 3 is 2.05 bits per heavy atom. The number of carbonyl (C=O) groups excluding carboxylic acids is 3. The zero-order valence-corrected chi connectivity index (χ0v) is 11.8. The standard InChI is InChI=1S/C16H14O3S/c1-2-3-4-5-6-7-14-12(9-17)8-13(10-18)16(20)15(14)11-19/h2-11,20H,1H3/b3-2+,5-4+,7-6+. The zero-order valence-electron chi connectivity index (χ0n) is 10.9. The summed E-state index contributed by atoms with van der Waals surface area (Å²) in [5.41, 5.74) is 1.19. The number of aldehydes is 3. The molecule has 0 aliphatic rings. The second-order valence-corrected chi connectivity index (χ2v) is 4.30. The Morgan fingerprint density at radius 1 is 0.850 bits per heavy atom. The number of benzene rings is 1. The van der Waals surface area contributed by atoms with Crippen molar-refractivity contribution < 1.29 is 14.4 Å². The summed E-state index contributed by atoms with van der Waals surface area (Å²) in [6.45, 7) is 1.90. The van der Waals surface area contributed by atoms with Crippen molar-refractivity contribution in [2.45, 2.75) is 11.8 Å². The molecule has 102 valence electrons. The number of carbonyl (C=O) groups is 3. The fraction of sp³-hybridized carbons (Fsp3) is 0.0625. The van der Waals surface area contributed by atoms with Gasteiger partial charge in [0.1, 0.15) is 0 Å². The largest absolute Gasteiger partial charge is 0.298 e. The molecule has 1 aromatic carbocycles. The first-order valence-corrected chi connectivity index (χ1v) is 6.35. The van der Waals surface area contributed by atoms with Crippen LogP contribution in [0.15, 0.2) is 41.3 Å². The van der Waals surface area contributed by atoms with Crippen molar-refractivity contribution in [3.8, 4) is 0 Å². The van der Waals surface area contributed by atoms with Gasteiger partial charge in [0.25, 0.3) is 0 Å². The predicted octanol–water partition coefficient (Wildman–Crippen LogP) is 3.56. The maximum Gasteiger partial charge on any atom is 0.151 e. The number of thiol groups is 1. The van der Waals surface area contributed by atoms with Gasteiger partial charge in [0.2, 0.25) is 0 Å². The van der Waals surface area contributed by atoms with Gasteiger partial charge in [0.05, 0.1) is 0 Å². The molecule has 0 saturated heterocycles. The summed E-state index contributed by atoms with van der Waals surface area (Å²) in [6, 6.07) is 1.42. The summed E-state index contributed by atoms with van der Waals surface area (Å²) in [4.78, 5) is 33.4. The first-order chi connectivity index (χ1) is 9.69. The maximum atomic E-state index is 11.2. The Morgan fingerprint density at radius 2 is 1.50 bits per heavy atom. The van der Waals surface area contributed by atoms with Crippen LogP contribution in [0, 0.1) is 0 Å². The van der Waals surface area contributed by atoms with Crippen LogP contribution in [0.1, 0.15) is 43.6 Å². The highest BCUT2D eigenvalue weighted by atomic mass is 32.1. The number of allylic oxidation sites excluding steroid dienone is 5. The van der Waals surface area contributed by atoms with Gasteiger partial charge in [-0.1, -0.05) is 36.5 Å². The molecule has 3 nitrogen and oxygen atoms in total. The molecule has 0 aromatic heterocycles. The van der Waals surface area contributed by atoms with Gasteiger partial charge in [-0.2, -0.15) is 0 Å². The number of rotatable bonds is 6. The molecule has 0 heterocycles. The molecule has 1 aromatic rings. The van der Waals surface area contributed by atoms with Crippen LogP contribution in [0.25, 0.3) is 6.08 Å². The van der Waals surface area contributed by atoms with E-state index in [4.69, 9.17) is 0 Å². The summed E-state index contributed by atoms with van der Waals surface area (Å²) >= 11 is 4.16. The van der Waals surface area contributed by atoms with Gasteiger partial charge in [0, 0.05) is 21.6 Å². The third-order valence-corrected chi connectivity index (χ3v) is 3.10. The van der Waals surface area contributed by atoms with Crippen LogP contribution in [-0.2, 0) is 0 Å². The van der Waals surface area contributed by atoms with Crippen LogP contribution in [0.5, 0.6) is 0 Å². The molecule has 0 aliphatic heterocycles. The molecule has 0 spiro atoms. The average molecular weight is 286 g/mol. The lowest BCUT2D eigenvalue weighted by atomic mass is 9.98. The van der Waals surface area contributed by atoms with E-state index >= 15 is 0 Å². The van der Waals surface area contributed by atoms with E-state index in [-0.39, 0.29) is 21.6 Å². The Hall–Kier alpha value is -2.20. The van der Waals surface area contributed by atoms with Crippen LogP contribution in [0.4, 0.5) is 0 Å². The fourth-order valence-corrected chi connectivity index (χ4v) is 1.93. The van der Waals surface area contributed by atoms with Crippen LogP contribution < -0.4 is 0 Å². The van der Waals surface area contributed by atoms with Gasteiger partial charge in [-0.25, -0.2) is 0 Å². The molecule has 1 rings (SSSR count). The summed E-state index contributed by atoms with van der Waals surface area (Å²) < 4.78 is 0. The smallest absolute Gasteiger partial charge is 0.151 e. The Kier molecular flexibility index (Phi) is 6.40. The van der Waals surface area contributed by atoms with Gasteiger partial charge in [-0.05, 0) is 18.6 Å². The highest BCUT2D eigenvalue weighted by Crippen LogP contribution is 2.25. The third-order valence-electron chi connectivity index (χ3n) is 2.60. The SMILES string of the molecule is C/C=C/C=C/C=C/c1c(C=O)cc(C=O)c(S)c1C=O. The van der Waals surface area contributed by atoms with E-state index < -0.39 is 0 Å². The normalized spacial score (nSPS) is 11.5. The second kappa shape index (κ2) is 8.07. The van der Waals surface area contributed by atoms with Gasteiger partial charge >= 0.3 is 0 Å². The zero-order chi connectivity index (χ0) is 15.0. The Bertz CT molecular complexity index is 611. The van der Waals surface area contributed by atoms with E-state index in [1.165, 1.54) is 6.07 Å². The van der Waals surface area contributed by atoms with E-state index in [1.807, 2.05) is 25.2 Å². The number of hydrogen-bond donors (Lipinski definition) is 1. The van der Waals surface area contributed by atoms with Crippen molar-refractivity contribution >= 4 is 37.6 Å². The molecule has 4 heteroatoms. The van der Waals surface area contributed by atoms with E-state index in [0.717, 1.165) is 0 Å². The van der Waals surface area contributed by atoms with Crippen molar-refractivity contribution in [3.05, 3.63) is 58.7 Å². The molecule has 0 fully saturated rings. The molecule has 0 unspecified atom stereocenters. The van der Waals surface area contributed by atoms with Crippen molar-refractivity contribution in [3.63, 3.8) is 0 Å². The lowest BCUT2D eigenvalue weighted by Crippen LogP contribution is -2.00. The molecule has 0 amide bonds. The van der Waals surface area contributed by atoms with E-state index in [2.05, 4.69) is 12.6 Å². The van der Waals surface area contributed by atoms with E-state index in [0.29, 0.717) is 24.4 Å². The predicted molar refractivity (Wildman–Crippen MR) is 82.8 cm³/mol. The summed E-state index contributed by atoms with van der Waals surface area (Å²) in [5.74, 6) is 0. The maximum absolute atomic E-state index is 11.2. The molecule has 0 N–H and O–H groups in total. The van der Waals surface area contributed by atoms with Crippen molar-refractivity contribution in [2.24, 2.45) is 0 Å². The molecule has 0 atom stereocenters. The van der Waals surface area contributed by atoms with Gasteiger partial charge < -0.3 is 0 Å². The molecule has 0 bridgehead atoms. The summed E-state index contributed by atoms with van der Waals surface area (Å²) in [7, 11) is 0. The van der Waals surface area contributed by atoms with Gasteiger partial charge in [0.15, 0.2) is 18.9 Å². The first-order valence-electron chi connectivity index (χ1n) is 5.91. The molecular weight excluding hydrogens is 272 g/mol. The minimum Gasteiger partial charge on any atom is -0.298 e. The summed E-state index contributed by atoms with van der Waals surface area (Å²) in [6.07, 6.45) is 12.5. The lowest BCUT2D eigenvalue weighted by Gasteiger charge is -2.08. The Balaban J connectivity index is 3.36. The molecular formula is C16H14O3S. The van der Waals surface area contributed by atoms with Gasteiger partial charge in [-0.15, -0.1) is 12.6 Å². The monoisotopic (exact) mass is 286 g/mol. The molecule has 0 aliphatic carbocycles. The molecule has 0 radical (unpaired) electrons. The lowest BCUT2D eigenvalue weighted by molar-refractivity contribution is 0.111.